The van der Waals surface area contributed by atoms with E-state index in [4.69, 9.17) is 12.2 Å². The summed E-state index contributed by atoms with van der Waals surface area (Å²) in [5.41, 5.74) is 1.19. The molecular formula is C19H14Br2N2O3S2. The number of benzene rings is 2. The Labute approximate surface area is 188 Å². The normalized spacial score (nSPS) is 15.4. The SMILES string of the molecule is O=C(CCN1C(=O)/C(=C/c2cc(Br)cc(Br)c2O)SC1=S)Nc1ccccc1. The van der Waals surface area contributed by atoms with Gasteiger partial charge in [-0.2, -0.15) is 0 Å². The molecule has 1 aliphatic rings. The second-order valence-electron chi connectivity index (χ2n) is 5.82. The standard InChI is InChI=1S/C19H14Br2N2O3S2/c20-12-8-11(17(25)14(21)10-12)9-15-18(26)23(19(27)28-15)7-6-16(24)22-13-4-2-1-3-5-13/h1-5,8-10,25H,6-7H2,(H,22,24)/b15-9-. The van der Waals surface area contributed by atoms with Gasteiger partial charge < -0.3 is 10.4 Å². The van der Waals surface area contributed by atoms with Crippen LogP contribution in [-0.4, -0.2) is 32.7 Å². The van der Waals surface area contributed by atoms with E-state index in [1.165, 1.54) is 4.90 Å². The van der Waals surface area contributed by atoms with Crippen molar-refractivity contribution in [2.24, 2.45) is 0 Å². The summed E-state index contributed by atoms with van der Waals surface area (Å²) in [6.45, 7) is 0.189. The van der Waals surface area contributed by atoms with Gasteiger partial charge in [-0.1, -0.05) is 58.1 Å². The number of carbonyl (C=O) groups excluding carboxylic acids is 2. The number of thioether (sulfide) groups is 1. The molecule has 28 heavy (non-hydrogen) atoms. The molecule has 2 N–H and O–H groups in total. The van der Waals surface area contributed by atoms with Crippen LogP contribution in [0.4, 0.5) is 5.69 Å². The van der Waals surface area contributed by atoms with Crippen LogP contribution in [0.2, 0.25) is 0 Å². The van der Waals surface area contributed by atoms with Crippen LogP contribution < -0.4 is 5.32 Å². The fourth-order valence-electron chi connectivity index (χ4n) is 2.49. The van der Waals surface area contributed by atoms with Crippen LogP contribution in [0.1, 0.15) is 12.0 Å². The molecule has 3 rings (SSSR count). The average Bonchev–Trinajstić information content (AvgIpc) is 2.91. The van der Waals surface area contributed by atoms with E-state index < -0.39 is 0 Å². The number of hydrogen-bond donors (Lipinski definition) is 2. The van der Waals surface area contributed by atoms with Gasteiger partial charge in [-0.15, -0.1) is 0 Å². The van der Waals surface area contributed by atoms with Gasteiger partial charge in [0.25, 0.3) is 5.91 Å². The highest BCUT2D eigenvalue weighted by Gasteiger charge is 2.32. The topological polar surface area (TPSA) is 69.6 Å². The first-order valence-electron chi connectivity index (χ1n) is 8.13. The number of aromatic hydroxyl groups is 1. The smallest absolute Gasteiger partial charge is 0.266 e. The highest BCUT2D eigenvalue weighted by atomic mass is 79.9. The summed E-state index contributed by atoms with van der Waals surface area (Å²) in [7, 11) is 0. The fourth-order valence-corrected chi connectivity index (χ4v) is 5.05. The van der Waals surface area contributed by atoms with Crippen LogP contribution in [0.5, 0.6) is 5.75 Å². The van der Waals surface area contributed by atoms with Crippen LogP contribution in [0.15, 0.2) is 56.3 Å². The minimum atomic E-state index is -0.280. The lowest BCUT2D eigenvalue weighted by molar-refractivity contribution is -0.122. The maximum Gasteiger partial charge on any atom is 0.266 e. The number of nitrogens with zero attached hydrogens (tertiary/aromatic N) is 1. The average molecular weight is 542 g/mol. The van der Waals surface area contributed by atoms with Crippen LogP contribution in [-0.2, 0) is 9.59 Å². The molecule has 1 fully saturated rings. The molecule has 1 heterocycles. The molecule has 2 aromatic carbocycles. The monoisotopic (exact) mass is 540 g/mol. The molecule has 5 nitrogen and oxygen atoms in total. The fraction of sp³-hybridized carbons (Fsp3) is 0.105. The van der Waals surface area contributed by atoms with Crippen molar-refractivity contribution in [3.05, 3.63) is 61.9 Å². The Morgan fingerprint density at radius 1 is 1.25 bits per heavy atom. The van der Waals surface area contributed by atoms with Gasteiger partial charge in [0.05, 0.1) is 9.38 Å². The van der Waals surface area contributed by atoms with Crippen molar-refractivity contribution in [3.63, 3.8) is 0 Å². The molecule has 144 valence electrons. The van der Waals surface area contributed by atoms with E-state index in [1.807, 2.05) is 18.2 Å². The summed E-state index contributed by atoms with van der Waals surface area (Å²) in [5.74, 6) is -0.438. The predicted molar refractivity (Wildman–Crippen MR) is 123 cm³/mol. The van der Waals surface area contributed by atoms with Crippen molar-refractivity contribution >= 4 is 83.7 Å². The number of nitrogens with one attached hydrogen (secondary N) is 1. The Hall–Kier alpha value is -1.68. The summed E-state index contributed by atoms with van der Waals surface area (Å²) in [6, 6.07) is 12.5. The molecule has 0 saturated carbocycles. The van der Waals surface area contributed by atoms with Crippen molar-refractivity contribution in [2.45, 2.75) is 6.42 Å². The molecule has 2 amide bonds. The van der Waals surface area contributed by atoms with E-state index in [1.54, 1.807) is 30.3 Å². The zero-order valence-electron chi connectivity index (χ0n) is 14.3. The number of carbonyl (C=O) groups is 2. The summed E-state index contributed by atoms with van der Waals surface area (Å²) in [6.07, 6.45) is 1.72. The van der Waals surface area contributed by atoms with E-state index in [0.717, 1.165) is 16.2 Å². The van der Waals surface area contributed by atoms with Crippen molar-refractivity contribution in [2.75, 3.05) is 11.9 Å². The Balaban J connectivity index is 1.68. The van der Waals surface area contributed by atoms with E-state index >= 15 is 0 Å². The molecule has 1 aliphatic heterocycles. The van der Waals surface area contributed by atoms with E-state index in [2.05, 4.69) is 37.2 Å². The summed E-state index contributed by atoms with van der Waals surface area (Å²) in [4.78, 5) is 26.6. The molecule has 1 saturated heterocycles. The molecule has 0 bridgehead atoms. The van der Waals surface area contributed by atoms with Crippen molar-refractivity contribution in [1.29, 1.82) is 0 Å². The lowest BCUT2D eigenvalue weighted by atomic mass is 10.2. The Morgan fingerprint density at radius 2 is 1.96 bits per heavy atom. The number of phenolic OH excluding ortho intramolecular Hbond substituents is 1. The Bertz CT molecular complexity index is 981. The third-order valence-corrected chi connectivity index (χ3v) is 6.28. The van der Waals surface area contributed by atoms with Crippen molar-refractivity contribution < 1.29 is 14.7 Å². The van der Waals surface area contributed by atoms with Gasteiger partial charge in [-0.3, -0.25) is 14.5 Å². The quantitative estimate of drug-likeness (QED) is 0.405. The number of phenols is 1. The minimum Gasteiger partial charge on any atom is -0.506 e. The van der Waals surface area contributed by atoms with Gasteiger partial charge in [0.2, 0.25) is 5.91 Å². The molecule has 0 aromatic heterocycles. The molecule has 0 unspecified atom stereocenters. The zero-order valence-corrected chi connectivity index (χ0v) is 19.1. The lowest BCUT2D eigenvalue weighted by Gasteiger charge is -2.14. The first kappa shape index (κ1) is 21.0. The van der Waals surface area contributed by atoms with Gasteiger partial charge in [0.1, 0.15) is 10.1 Å². The third-order valence-electron chi connectivity index (χ3n) is 3.84. The van der Waals surface area contributed by atoms with E-state index in [-0.39, 0.29) is 30.5 Å². The summed E-state index contributed by atoms with van der Waals surface area (Å²) < 4.78 is 1.66. The molecule has 2 aromatic rings. The first-order valence-corrected chi connectivity index (χ1v) is 10.9. The number of anilines is 1. The predicted octanol–water partition coefficient (Wildman–Crippen LogP) is 5.15. The summed E-state index contributed by atoms with van der Waals surface area (Å²) >= 11 is 13.1. The van der Waals surface area contributed by atoms with Gasteiger partial charge in [-0.25, -0.2) is 0 Å². The Morgan fingerprint density at radius 3 is 2.68 bits per heavy atom. The Kier molecular flexibility index (Phi) is 6.92. The lowest BCUT2D eigenvalue weighted by Crippen LogP contribution is -2.31. The number of halogens is 2. The molecule has 0 atom stereocenters. The highest BCUT2D eigenvalue weighted by Crippen LogP contribution is 2.37. The first-order chi connectivity index (χ1) is 13.3. The van der Waals surface area contributed by atoms with Crippen molar-refractivity contribution in [3.8, 4) is 5.75 Å². The van der Waals surface area contributed by atoms with Gasteiger partial charge in [-0.05, 0) is 46.3 Å². The van der Waals surface area contributed by atoms with Gasteiger partial charge in [0, 0.05) is 28.7 Å². The molecule has 0 spiro atoms. The number of hydrogen-bond acceptors (Lipinski definition) is 5. The van der Waals surface area contributed by atoms with Crippen LogP contribution in [0.25, 0.3) is 6.08 Å². The van der Waals surface area contributed by atoms with Crippen LogP contribution >= 0.6 is 55.8 Å². The highest BCUT2D eigenvalue weighted by molar-refractivity contribution is 9.11. The van der Waals surface area contributed by atoms with Crippen molar-refractivity contribution in [1.82, 2.24) is 4.90 Å². The van der Waals surface area contributed by atoms with Crippen LogP contribution in [0, 0.1) is 0 Å². The number of rotatable bonds is 5. The maximum absolute atomic E-state index is 12.7. The minimum absolute atomic E-state index is 0.0377. The molecule has 0 radical (unpaired) electrons. The number of amides is 2. The number of para-hydroxylation sites is 1. The molecule has 9 heteroatoms. The summed E-state index contributed by atoms with van der Waals surface area (Å²) in [5, 5.41) is 13.0. The number of thiocarbonyl (C=S) groups is 1. The van der Waals surface area contributed by atoms with E-state index in [9.17, 15) is 14.7 Å². The zero-order chi connectivity index (χ0) is 20.3. The van der Waals surface area contributed by atoms with Gasteiger partial charge in [0.15, 0.2) is 0 Å². The van der Waals surface area contributed by atoms with Gasteiger partial charge >= 0.3 is 0 Å². The second kappa shape index (κ2) is 9.21. The largest absolute Gasteiger partial charge is 0.506 e. The van der Waals surface area contributed by atoms with Crippen LogP contribution in [0.3, 0.4) is 0 Å². The maximum atomic E-state index is 12.7. The molecule has 0 aliphatic carbocycles. The molecular weight excluding hydrogens is 528 g/mol. The van der Waals surface area contributed by atoms with E-state index in [0.29, 0.717) is 24.9 Å². The second-order valence-corrected chi connectivity index (χ2v) is 9.27. The third kappa shape index (κ3) is 5.02.